The minimum absolute atomic E-state index is 0.211. The molecule has 0 spiro atoms. The molecule has 10 heteroatoms. The topological polar surface area (TPSA) is 77.6 Å². The number of carbonyl (C=O) groups is 2. The van der Waals surface area contributed by atoms with Crippen LogP contribution in [0.2, 0.25) is 0 Å². The van der Waals surface area contributed by atoms with Crippen molar-refractivity contribution >= 4 is 11.9 Å². The number of ether oxygens (including phenoxy) is 1. The Kier molecular flexibility index (Phi) is 4.38. The summed E-state index contributed by atoms with van der Waals surface area (Å²) in [6.07, 6.45) is -0.495. The Bertz CT molecular complexity index is 1170. The summed E-state index contributed by atoms with van der Waals surface area (Å²) in [4.78, 5) is 31.4. The quantitative estimate of drug-likeness (QED) is 0.583. The van der Waals surface area contributed by atoms with E-state index in [0.29, 0.717) is 47.7 Å². The zero-order valence-electron chi connectivity index (χ0n) is 16.1. The first-order valence-electron chi connectivity index (χ1n) is 9.64. The van der Waals surface area contributed by atoms with Crippen LogP contribution in [-0.4, -0.2) is 45.7 Å². The van der Waals surface area contributed by atoms with Crippen LogP contribution in [0.15, 0.2) is 47.3 Å². The number of rotatable bonds is 3. The number of carbonyl (C=O) groups excluding carboxylic acids is 2. The van der Waals surface area contributed by atoms with Gasteiger partial charge in [-0.15, -0.1) is 0 Å². The van der Waals surface area contributed by atoms with Crippen molar-refractivity contribution in [1.29, 1.82) is 0 Å². The third kappa shape index (κ3) is 3.28. The largest absolute Gasteiger partial charge is 0.464 e. The van der Waals surface area contributed by atoms with Gasteiger partial charge in [0, 0.05) is 12.1 Å². The van der Waals surface area contributed by atoms with Crippen molar-refractivity contribution in [1.82, 2.24) is 14.5 Å². The lowest BCUT2D eigenvalue weighted by atomic mass is 10.1. The van der Waals surface area contributed by atoms with Gasteiger partial charge in [-0.25, -0.2) is 9.78 Å². The van der Waals surface area contributed by atoms with Gasteiger partial charge in [0.1, 0.15) is 12.1 Å². The van der Waals surface area contributed by atoms with Crippen molar-refractivity contribution in [3.63, 3.8) is 0 Å². The molecule has 0 unspecified atom stereocenters. The highest BCUT2D eigenvalue weighted by Gasteiger charge is 2.41. The van der Waals surface area contributed by atoms with Crippen molar-refractivity contribution in [2.45, 2.75) is 25.1 Å². The maximum atomic E-state index is 13.3. The highest BCUT2D eigenvalue weighted by Crippen LogP contribution is 2.40. The fourth-order valence-electron chi connectivity index (χ4n) is 4.20. The average molecular weight is 431 g/mol. The molecule has 3 aromatic rings. The lowest BCUT2D eigenvalue weighted by molar-refractivity contribution is -0.161. The van der Waals surface area contributed by atoms with Crippen molar-refractivity contribution in [2.75, 3.05) is 13.2 Å². The second kappa shape index (κ2) is 7.00. The molecule has 160 valence electrons. The van der Waals surface area contributed by atoms with Crippen LogP contribution in [-0.2, 0) is 4.74 Å². The van der Waals surface area contributed by atoms with Crippen molar-refractivity contribution < 1.29 is 31.9 Å². The number of halogens is 3. The van der Waals surface area contributed by atoms with Crippen LogP contribution in [0.4, 0.5) is 13.2 Å². The first-order valence-corrected chi connectivity index (χ1v) is 9.64. The molecule has 0 radical (unpaired) electrons. The summed E-state index contributed by atoms with van der Waals surface area (Å²) in [6, 6.07) is 8.23. The van der Waals surface area contributed by atoms with E-state index in [2.05, 4.69) is 9.72 Å². The van der Waals surface area contributed by atoms with Crippen LogP contribution >= 0.6 is 0 Å². The lowest BCUT2D eigenvalue weighted by Gasteiger charge is -2.22. The Morgan fingerprint density at radius 2 is 2.13 bits per heavy atom. The number of imidazole rings is 1. The number of benzene rings is 1. The summed E-state index contributed by atoms with van der Waals surface area (Å²) in [5.74, 6) is -0.787. The number of esters is 1. The zero-order valence-corrected chi connectivity index (χ0v) is 16.1. The summed E-state index contributed by atoms with van der Waals surface area (Å²) in [5, 5.41) is 0. The first kappa shape index (κ1) is 19.4. The van der Waals surface area contributed by atoms with Gasteiger partial charge in [0.05, 0.1) is 29.2 Å². The van der Waals surface area contributed by atoms with Crippen molar-refractivity contribution in [2.24, 2.45) is 0 Å². The van der Waals surface area contributed by atoms with Gasteiger partial charge in [-0.3, -0.25) is 9.36 Å². The maximum absolute atomic E-state index is 13.3. The summed E-state index contributed by atoms with van der Waals surface area (Å²) < 4.78 is 49.0. The third-order valence-electron chi connectivity index (χ3n) is 5.49. The van der Waals surface area contributed by atoms with Gasteiger partial charge in [0.15, 0.2) is 12.3 Å². The molecular weight excluding hydrogens is 415 g/mol. The first-order chi connectivity index (χ1) is 14.8. The van der Waals surface area contributed by atoms with E-state index in [4.69, 9.17) is 4.42 Å². The molecule has 0 N–H and O–H groups in total. The molecule has 2 aliphatic heterocycles. The molecule has 1 atom stereocenters. The highest BCUT2D eigenvalue weighted by atomic mass is 19.4. The van der Waals surface area contributed by atoms with E-state index in [1.54, 1.807) is 39.8 Å². The molecule has 1 saturated heterocycles. The molecule has 7 nitrogen and oxygen atoms in total. The average Bonchev–Trinajstić information content (AvgIpc) is 3.49. The molecule has 1 amide bonds. The number of nitrogens with zero attached hydrogens (tertiary/aromatic N) is 3. The molecule has 1 aromatic carbocycles. The van der Waals surface area contributed by atoms with E-state index < -0.39 is 24.8 Å². The molecule has 5 rings (SSSR count). The van der Waals surface area contributed by atoms with E-state index in [9.17, 15) is 22.8 Å². The minimum atomic E-state index is -4.64. The van der Waals surface area contributed by atoms with E-state index >= 15 is 0 Å². The number of fused-ring (bicyclic) bond motifs is 5. The van der Waals surface area contributed by atoms with E-state index in [-0.39, 0.29) is 11.6 Å². The van der Waals surface area contributed by atoms with Crippen LogP contribution in [0.3, 0.4) is 0 Å². The van der Waals surface area contributed by atoms with E-state index in [0.717, 1.165) is 0 Å². The number of alkyl halides is 3. The number of furan rings is 1. The fraction of sp³-hybridized carbons (Fsp3) is 0.286. The summed E-state index contributed by atoms with van der Waals surface area (Å²) in [5.41, 5.74) is 1.75. The van der Waals surface area contributed by atoms with Gasteiger partial charge in [-0.05, 0) is 43.2 Å². The monoisotopic (exact) mass is 431 g/mol. The SMILES string of the molecule is O=C(OCC(F)(F)F)c1ncn2c1[C@@H]1CCCN1C(=O)c1cc(-c3ccco3)ccc1-2. The van der Waals surface area contributed by atoms with Crippen LogP contribution in [0, 0.1) is 0 Å². The van der Waals surface area contributed by atoms with Gasteiger partial charge in [0.25, 0.3) is 5.91 Å². The number of amides is 1. The fourth-order valence-corrected chi connectivity index (χ4v) is 4.20. The van der Waals surface area contributed by atoms with Crippen molar-refractivity contribution in [3.8, 4) is 17.0 Å². The van der Waals surface area contributed by atoms with Crippen molar-refractivity contribution in [3.05, 3.63) is 59.9 Å². The Morgan fingerprint density at radius 1 is 1.29 bits per heavy atom. The predicted octanol–water partition coefficient (Wildman–Crippen LogP) is 4.14. The molecule has 1 fully saturated rings. The lowest BCUT2D eigenvalue weighted by Crippen LogP contribution is -2.30. The Hall–Kier alpha value is -3.56. The third-order valence-corrected chi connectivity index (χ3v) is 5.49. The number of hydrogen-bond acceptors (Lipinski definition) is 5. The predicted molar refractivity (Wildman–Crippen MR) is 101 cm³/mol. The molecule has 2 aromatic heterocycles. The van der Waals surface area contributed by atoms with Crippen LogP contribution < -0.4 is 0 Å². The summed E-state index contributed by atoms with van der Waals surface area (Å²) >= 11 is 0. The molecule has 31 heavy (non-hydrogen) atoms. The number of hydrogen-bond donors (Lipinski definition) is 0. The van der Waals surface area contributed by atoms with Crippen LogP contribution in [0.5, 0.6) is 0 Å². The van der Waals surface area contributed by atoms with Gasteiger partial charge in [0.2, 0.25) is 0 Å². The Morgan fingerprint density at radius 3 is 2.87 bits per heavy atom. The van der Waals surface area contributed by atoms with Crippen LogP contribution in [0.1, 0.15) is 45.4 Å². The van der Waals surface area contributed by atoms with E-state index in [1.165, 1.54) is 12.6 Å². The second-order valence-electron chi connectivity index (χ2n) is 7.41. The molecular formula is C21H16F3N3O4. The number of aromatic nitrogens is 2. The zero-order chi connectivity index (χ0) is 21.8. The van der Waals surface area contributed by atoms with E-state index in [1.807, 2.05) is 0 Å². The Balaban J connectivity index is 1.62. The molecule has 0 bridgehead atoms. The molecule has 0 aliphatic carbocycles. The second-order valence-corrected chi connectivity index (χ2v) is 7.41. The minimum Gasteiger partial charge on any atom is -0.464 e. The summed E-state index contributed by atoms with van der Waals surface area (Å²) in [7, 11) is 0. The highest BCUT2D eigenvalue weighted by molar-refractivity contribution is 6.00. The van der Waals surface area contributed by atoms with Gasteiger partial charge in [-0.1, -0.05) is 0 Å². The standard InChI is InChI=1S/C21H16F3N3O4/c22-21(23,24)10-31-20(29)17-18-15-3-1-7-26(15)19(28)13-9-12(16-4-2-8-30-16)5-6-14(13)27(18)11-25-17/h2,4-6,8-9,11,15H,1,3,7,10H2/t15-/m0/s1. The van der Waals surface area contributed by atoms with Gasteiger partial charge < -0.3 is 14.1 Å². The molecule has 2 aliphatic rings. The van der Waals surface area contributed by atoms with Gasteiger partial charge in [-0.2, -0.15) is 13.2 Å². The smallest absolute Gasteiger partial charge is 0.422 e. The maximum Gasteiger partial charge on any atom is 0.422 e. The molecule has 0 saturated carbocycles. The normalized spacial score (nSPS) is 17.7. The Labute approximate surface area is 174 Å². The summed E-state index contributed by atoms with van der Waals surface area (Å²) in [6.45, 7) is -1.23. The molecule has 4 heterocycles. The van der Waals surface area contributed by atoms with Gasteiger partial charge >= 0.3 is 12.1 Å². The van der Waals surface area contributed by atoms with Crippen LogP contribution in [0.25, 0.3) is 17.0 Å².